The zero-order chi connectivity index (χ0) is 17.9. The van der Waals surface area contributed by atoms with E-state index in [2.05, 4.69) is 35.0 Å². The minimum absolute atomic E-state index is 0.0174. The largest absolute Gasteiger partial charge is 0.334 e. The lowest BCUT2D eigenvalue weighted by Crippen LogP contribution is -2.42. The number of rotatable bonds is 3. The Bertz CT molecular complexity index is 1130. The predicted molar refractivity (Wildman–Crippen MR) is 108 cm³/mol. The van der Waals surface area contributed by atoms with Crippen LogP contribution in [0.2, 0.25) is 0 Å². The summed E-state index contributed by atoms with van der Waals surface area (Å²) in [6.45, 7) is 3.18. The van der Waals surface area contributed by atoms with Gasteiger partial charge in [0.05, 0.1) is 4.53 Å². The number of nitrogens with zero attached hydrogens (tertiary/aromatic N) is 3. The maximum absolute atomic E-state index is 12.7. The Balaban J connectivity index is 1.62. The topological polar surface area (TPSA) is 37.6 Å². The highest BCUT2D eigenvalue weighted by Crippen LogP contribution is 2.17. The van der Waals surface area contributed by atoms with Crippen molar-refractivity contribution in [1.82, 2.24) is 4.57 Å². The van der Waals surface area contributed by atoms with Crippen LogP contribution in [0.5, 0.6) is 0 Å². The Kier molecular flexibility index (Phi) is 4.54. The third-order valence-electron chi connectivity index (χ3n) is 4.28. The summed E-state index contributed by atoms with van der Waals surface area (Å²) in [7, 11) is 0. The highest BCUT2D eigenvalue weighted by Gasteiger charge is 2.15. The van der Waals surface area contributed by atoms with Gasteiger partial charge in [0.1, 0.15) is 13.3 Å². The van der Waals surface area contributed by atoms with E-state index in [1.54, 1.807) is 4.57 Å². The molecule has 4 rings (SSSR count). The molecule has 0 saturated carbocycles. The molecule has 0 spiro atoms. The second-order valence-electron chi connectivity index (χ2n) is 6.24. The first-order chi connectivity index (χ1) is 12.7. The highest BCUT2D eigenvalue weighted by molar-refractivity contribution is 7.07. The molecule has 0 aliphatic carbocycles. The van der Waals surface area contributed by atoms with Gasteiger partial charge < -0.3 is 4.90 Å². The molecule has 1 aromatic heterocycles. The summed E-state index contributed by atoms with van der Waals surface area (Å²) in [5.74, 6) is 0. The fourth-order valence-electron chi connectivity index (χ4n) is 2.92. The minimum atomic E-state index is 0.0174. The zero-order valence-corrected chi connectivity index (χ0v) is 15.3. The summed E-state index contributed by atoms with van der Waals surface area (Å²) >= 11 is 1.45. The molecule has 26 heavy (non-hydrogen) atoms. The zero-order valence-electron chi connectivity index (χ0n) is 14.5. The molecule has 130 valence electrons. The van der Waals surface area contributed by atoms with Crippen molar-refractivity contribution in [3.8, 4) is 0 Å². The molecule has 4 nitrogen and oxygen atoms in total. The van der Waals surface area contributed by atoms with E-state index in [0.29, 0.717) is 17.9 Å². The molecule has 0 fully saturated rings. The van der Waals surface area contributed by atoms with E-state index in [-0.39, 0.29) is 5.56 Å². The van der Waals surface area contributed by atoms with E-state index in [0.717, 1.165) is 16.1 Å². The van der Waals surface area contributed by atoms with Crippen molar-refractivity contribution in [2.24, 2.45) is 4.99 Å². The summed E-state index contributed by atoms with van der Waals surface area (Å²) < 4.78 is 2.46. The van der Waals surface area contributed by atoms with E-state index in [9.17, 15) is 4.79 Å². The molecule has 1 aliphatic rings. The van der Waals surface area contributed by atoms with Gasteiger partial charge in [-0.1, -0.05) is 66.0 Å². The van der Waals surface area contributed by atoms with E-state index < -0.39 is 0 Å². The van der Waals surface area contributed by atoms with Crippen molar-refractivity contribution in [1.29, 1.82) is 0 Å². The van der Waals surface area contributed by atoms with Crippen LogP contribution in [0.15, 0.2) is 70.5 Å². The summed E-state index contributed by atoms with van der Waals surface area (Å²) in [5.41, 5.74) is 3.42. The fourth-order valence-corrected chi connectivity index (χ4v) is 3.84. The molecule has 1 aliphatic heterocycles. The van der Waals surface area contributed by atoms with Crippen molar-refractivity contribution in [2.45, 2.75) is 13.6 Å². The maximum atomic E-state index is 12.7. The first-order valence-corrected chi connectivity index (χ1v) is 9.31. The molecule has 0 atom stereocenters. The second-order valence-corrected chi connectivity index (χ2v) is 7.25. The smallest absolute Gasteiger partial charge is 0.271 e. The third-order valence-corrected chi connectivity index (χ3v) is 5.34. The van der Waals surface area contributed by atoms with Gasteiger partial charge in [-0.3, -0.25) is 9.36 Å². The van der Waals surface area contributed by atoms with Crippen LogP contribution < -0.4 is 19.8 Å². The van der Waals surface area contributed by atoms with E-state index in [4.69, 9.17) is 0 Å². The van der Waals surface area contributed by atoms with Crippen molar-refractivity contribution in [3.05, 3.63) is 91.5 Å². The number of thiazole rings is 1. The second kappa shape index (κ2) is 7.14. The van der Waals surface area contributed by atoms with Crippen LogP contribution >= 0.6 is 11.3 Å². The fraction of sp³-hybridized carbons (Fsp3) is 0.143. The first-order valence-electron chi connectivity index (χ1n) is 8.50. The molecule has 0 saturated heterocycles. The van der Waals surface area contributed by atoms with Gasteiger partial charge >= 0.3 is 0 Å². The highest BCUT2D eigenvalue weighted by atomic mass is 32.1. The number of aryl methyl sites for hydroxylation is 1. The van der Waals surface area contributed by atoms with Crippen LogP contribution in [-0.4, -0.2) is 11.2 Å². The SMILES string of the molecule is Cc1cccc(N2CN=c3sc(=CC=Cc4ccccc4)c(=O)n3C2)c1. The summed E-state index contributed by atoms with van der Waals surface area (Å²) in [5, 5.41) is 0. The van der Waals surface area contributed by atoms with Crippen molar-refractivity contribution >= 4 is 29.2 Å². The molecule has 0 N–H and O–H groups in total. The Morgan fingerprint density at radius 3 is 2.77 bits per heavy atom. The Labute approximate surface area is 155 Å². The van der Waals surface area contributed by atoms with Crippen LogP contribution in [0.25, 0.3) is 12.2 Å². The standard InChI is InChI=1S/C21H19N3OS/c1-16-7-5-11-18(13-16)23-14-22-21-24(15-23)20(25)19(26-21)12-6-10-17-8-3-2-4-9-17/h2-13H,14-15H2,1H3. The van der Waals surface area contributed by atoms with Gasteiger partial charge in [-0.2, -0.15) is 0 Å². The molecule has 2 heterocycles. The molecule has 2 aromatic carbocycles. The molecular weight excluding hydrogens is 342 g/mol. The summed E-state index contributed by atoms with van der Waals surface area (Å²) in [6.07, 6.45) is 5.80. The number of allylic oxidation sites excluding steroid dienone is 1. The van der Waals surface area contributed by atoms with Gasteiger partial charge in [0.2, 0.25) is 0 Å². The number of hydrogen-bond acceptors (Lipinski definition) is 4. The van der Waals surface area contributed by atoms with E-state index in [1.807, 2.05) is 54.6 Å². The Morgan fingerprint density at radius 1 is 1.12 bits per heavy atom. The molecule has 0 amide bonds. The number of benzene rings is 2. The normalized spacial score (nSPS) is 14.5. The lowest BCUT2D eigenvalue weighted by Gasteiger charge is -2.25. The van der Waals surface area contributed by atoms with Gasteiger partial charge in [0.25, 0.3) is 5.56 Å². The van der Waals surface area contributed by atoms with Gasteiger partial charge in [-0.25, -0.2) is 4.99 Å². The molecule has 3 aromatic rings. The van der Waals surface area contributed by atoms with Crippen LogP contribution in [0, 0.1) is 6.92 Å². The molecular formula is C21H19N3OS. The van der Waals surface area contributed by atoms with Crippen molar-refractivity contribution < 1.29 is 0 Å². The quantitative estimate of drug-likeness (QED) is 0.719. The number of aromatic nitrogens is 1. The average Bonchev–Trinajstić information content (AvgIpc) is 2.98. The molecule has 0 unspecified atom stereocenters. The predicted octanol–water partition coefficient (Wildman–Crippen LogP) is 2.77. The third kappa shape index (κ3) is 3.39. The maximum Gasteiger partial charge on any atom is 0.271 e. The Hall–Kier alpha value is -2.92. The Morgan fingerprint density at radius 2 is 1.96 bits per heavy atom. The van der Waals surface area contributed by atoms with Gasteiger partial charge in [0.15, 0.2) is 4.80 Å². The number of hydrogen-bond donors (Lipinski definition) is 0. The lowest BCUT2D eigenvalue weighted by molar-refractivity contribution is 0.569. The average molecular weight is 361 g/mol. The van der Waals surface area contributed by atoms with Gasteiger partial charge in [0, 0.05) is 5.69 Å². The van der Waals surface area contributed by atoms with Crippen LogP contribution in [0.3, 0.4) is 0 Å². The summed E-state index contributed by atoms with van der Waals surface area (Å²) in [6, 6.07) is 18.3. The van der Waals surface area contributed by atoms with Crippen molar-refractivity contribution in [2.75, 3.05) is 11.6 Å². The number of fused-ring (bicyclic) bond motifs is 1. The molecule has 0 bridgehead atoms. The van der Waals surface area contributed by atoms with Crippen LogP contribution in [0.1, 0.15) is 11.1 Å². The lowest BCUT2D eigenvalue weighted by atomic mass is 10.2. The van der Waals surface area contributed by atoms with E-state index >= 15 is 0 Å². The number of anilines is 1. The molecule has 0 radical (unpaired) electrons. The first kappa shape index (κ1) is 16.5. The molecule has 5 heteroatoms. The van der Waals surface area contributed by atoms with Gasteiger partial charge in [-0.05, 0) is 36.3 Å². The van der Waals surface area contributed by atoms with Crippen LogP contribution in [0.4, 0.5) is 5.69 Å². The van der Waals surface area contributed by atoms with Crippen molar-refractivity contribution in [3.63, 3.8) is 0 Å². The van der Waals surface area contributed by atoms with Gasteiger partial charge in [-0.15, -0.1) is 0 Å². The van der Waals surface area contributed by atoms with Crippen LogP contribution in [-0.2, 0) is 6.67 Å². The monoisotopic (exact) mass is 361 g/mol. The summed E-state index contributed by atoms with van der Waals surface area (Å²) in [4.78, 5) is 20.2. The van der Waals surface area contributed by atoms with E-state index in [1.165, 1.54) is 16.9 Å². The minimum Gasteiger partial charge on any atom is -0.334 e.